The van der Waals surface area contributed by atoms with Gasteiger partial charge in [-0.25, -0.2) is 0 Å². The summed E-state index contributed by atoms with van der Waals surface area (Å²) in [5.41, 5.74) is 2.32. The Balaban J connectivity index is 1.99. The van der Waals surface area contributed by atoms with E-state index in [-0.39, 0.29) is 10.9 Å². The average Bonchev–Trinajstić information content (AvgIpc) is 2.62. The largest absolute Gasteiger partial charge is 0.497 e. The molecule has 0 N–H and O–H groups in total. The van der Waals surface area contributed by atoms with Crippen molar-refractivity contribution in [1.82, 2.24) is 10.2 Å². The van der Waals surface area contributed by atoms with Crippen molar-refractivity contribution in [2.24, 2.45) is 0 Å². The second-order valence-corrected chi connectivity index (χ2v) is 5.22. The summed E-state index contributed by atoms with van der Waals surface area (Å²) in [5.74, 6) is 0.482. The molecule has 0 fully saturated rings. The maximum atomic E-state index is 12.7. The Morgan fingerprint density at radius 1 is 1.00 bits per heavy atom. The van der Waals surface area contributed by atoms with Crippen LogP contribution in [-0.4, -0.2) is 23.1 Å². The Labute approximate surface area is 138 Å². The van der Waals surface area contributed by atoms with Gasteiger partial charge < -0.3 is 4.74 Å². The lowest BCUT2D eigenvalue weighted by molar-refractivity contribution is 0.103. The van der Waals surface area contributed by atoms with Crippen LogP contribution in [0.5, 0.6) is 5.75 Å². The third-order valence-corrected chi connectivity index (χ3v) is 3.69. The van der Waals surface area contributed by atoms with Gasteiger partial charge in [0.05, 0.1) is 18.4 Å². The fraction of sp³-hybridized carbons (Fsp3) is 0.0556. The molecule has 2 aromatic carbocycles. The summed E-state index contributed by atoms with van der Waals surface area (Å²) in [6.45, 7) is 0. The molecule has 114 valence electrons. The molecule has 0 aliphatic rings. The standard InChI is InChI=1S/C18H13ClN2O2/c1-23-14-9-7-13(8-10-14)17(22)15-11-16(20-21-18(15)19)12-5-3-2-4-6-12/h2-11H,1H3. The molecular weight excluding hydrogens is 312 g/mol. The Kier molecular flexibility index (Phi) is 4.35. The van der Waals surface area contributed by atoms with Crippen LogP contribution in [0.2, 0.25) is 5.15 Å². The predicted molar refractivity (Wildman–Crippen MR) is 88.9 cm³/mol. The summed E-state index contributed by atoms with van der Waals surface area (Å²) >= 11 is 6.07. The molecule has 3 aromatic rings. The van der Waals surface area contributed by atoms with E-state index >= 15 is 0 Å². The van der Waals surface area contributed by atoms with Gasteiger partial charge in [-0.15, -0.1) is 10.2 Å². The highest BCUT2D eigenvalue weighted by Gasteiger charge is 2.16. The van der Waals surface area contributed by atoms with Crippen LogP contribution in [0.25, 0.3) is 11.3 Å². The molecule has 1 aromatic heterocycles. The molecule has 0 aliphatic carbocycles. The first kappa shape index (κ1) is 15.2. The summed E-state index contributed by atoms with van der Waals surface area (Å²) < 4.78 is 5.10. The first-order chi connectivity index (χ1) is 11.2. The van der Waals surface area contributed by atoms with Gasteiger partial charge in [0.1, 0.15) is 5.75 Å². The van der Waals surface area contributed by atoms with Crippen LogP contribution in [0.1, 0.15) is 15.9 Å². The first-order valence-electron chi connectivity index (χ1n) is 6.96. The normalized spacial score (nSPS) is 10.3. The van der Waals surface area contributed by atoms with E-state index in [2.05, 4.69) is 10.2 Å². The highest BCUT2D eigenvalue weighted by molar-refractivity contribution is 6.33. The molecule has 23 heavy (non-hydrogen) atoms. The van der Waals surface area contributed by atoms with Crippen molar-refractivity contribution in [2.75, 3.05) is 7.11 Å². The van der Waals surface area contributed by atoms with E-state index in [4.69, 9.17) is 16.3 Å². The number of ketones is 1. The number of carbonyl (C=O) groups excluding carboxylic acids is 1. The summed E-state index contributed by atoms with van der Waals surface area (Å²) in [6, 6.07) is 18.0. The Morgan fingerprint density at radius 3 is 2.35 bits per heavy atom. The summed E-state index contributed by atoms with van der Waals surface area (Å²) in [4.78, 5) is 12.7. The minimum absolute atomic E-state index is 0.0884. The average molecular weight is 325 g/mol. The zero-order valence-electron chi connectivity index (χ0n) is 12.4. The SMILES string of the molecule is COc1ccc(C(=O)c2cc(-c3ccccc3)nnc2Cl)cc1. The van der Waals surface area contributed by atoms with Crippen LogP contribution in [0, 0.1) is 0 Å². The second-order valence-electron chi connectivity index (χ2n) is 4.86. The van der Waals surface area contributed by atoms with Crippen LogP contribution in [0.3, 0.4) is 0 Å². The number of hydrogen-bond donors (Lipinski definition) is 0. The quantitative estimate of drug-likeness (QED) is 0.680. The van der Waals surface area contributed by atoms with Gasteiger partial charge in [0.2, 0.25) is 0 Å². The lowest BCUT2D eigenvalue weighted by atomic mass is 10.0. The molecule has 0 saturated heterocycles. The number of methoxy groups -OCH3 is 1. The lowest BCUT2D eigenvalue weighted by Crippen LogP contribution is -2.05. The maximum Gasteiger partial charge on any atom is 0.196 e. The van der Waals surface area contributed by atoms with Crippen LogP contribution in [-0.2, 0) is 0 Å². The van der Waals surface area contributed by atoms with Crippen molar-refractivity contribution in [3.8, 4) is 17.0 Å². The molecule has 5 heteroatoms. The minimum atomic E-state index is -0.204. The number of hydrogen-bond acceptors (Lipinski definition) is 4. The van der Waals surface area contributed by atoms with Gasteiger partial charge in [-0.05, 0) is 30.3 Å². The Morgan fingerprint density at radius 2 is 1.70 bits per heavy atom. The number of benzene rings is 2. The molecule has 0 aliphatic heterocycles. The molecule has 0 unspecified atom stereocenters. The molecule has 0 spiro atoms. The van der Waals surface area contributed by atoms with E-state index in [1.54, 1.807) is 37.4 Å². The number of aromatic nitrogens is 2. The van der Waals surface area contributed by atoms with E-state index in [1.807, 2.05) is 30.3 Å². The minimum Gasteiger partial charge on any atom is -0.497 e. The van der Waals surface area contributed by atoms with Crippen molar-refractivity contribution in [1.29, 1.82) is 0 Å². The van der Waals surface area contributed by atoms with Crippen molar-refractivity contribution in [3.05, 3.63) is 76.9 Å². The van der Waals surface area contributed by atoms with Gasteiger partial charge in [-0.3, -0.25) is 4.79 Å². The van der Waals surface area contributed by atoms with Gasteiger partial charge >= 0.3 is 0 Å². The van der Waals surface area contributed by atoms with Crippen molar-refractivity contribution in [2.45, 2.75) is 0 Å². The number of rotatable bonds is 4. The van der Waals surface area contributed by atoms with Crippen LogP contribution >= 0.6 is 11.6 Å². The highest BCUT2D eigenvalue weighted by Crippen LogP contribution is 2.23. The molecule has 1 heterocycles. The van der Waals surface area contributed by atoms with Gasteiger partial charge in [-0.1, -0.05) is 41.9 Å². The lowest BCUT2D eigenvalue weighted by Gasteiger charge is -2.06. The summed E-state index contributed by atoms with van der Waals surface area (Å²) in [7, 11) is 1.58. The third kappa shape index (κ3) is 3.22. The molecule has 4 nitrogen and oxygen atoms in total. The molecule has 0 saturated carbocycles. The van der Waals surface area contributed by atoms with Crippen LogP contribution in [0.4, 0.5) is 0 Å². The number of carbonyl (C=O) groups is 1. The number of ether oxygens (including phenoxy) is 1. The smallest absolute Gasteiger partial charge is 0.196 e. The van der Waals surface area contributed by atoms with Gasteiger partial charge in [-0.2, -0.15) is 0 Å². The van der Waals surface area contributed by atoms with Gasteiger partial charge in [0, 0.05) is 11.1 Å². The van der Waals surface area contributed by atoms with Gasteiger partial charge in [0.25, 0.3) is 0 Å². The zero-order chi connectivity index (χ0) is 16.2. The first-order valence-corrected chi connectivity index (χ1v) is 7.34. The maximum absolute atomic E-state index is 12.7. The summed E-state index contributed by atoms with van der Waals surface area (Å²) in [5, 5.41) is 8.05. The predicted octanol–water partition coefficient (Wildman–Crippen LogP) is 4.04. The van der Waals surface area contributed by atoms with E-state index < -0.39 is 0 Å². The third-order valence-electron chi connectivity index (χ3n) is 3.42. The molecular formula is C18H13ClN2O2. The molecule has 0 atom stereocenters. The van der Waals surface area contributed by atoms with Crippen molar-refractivity contribution < 1.29 is 9.53 Å². The monoisotopic (exact) mass is 324 g/mol. The van der Waals surface area contributed by atoms with E-state index in [0.717, 1.165) is 5.56 Å². The Bertz CT molecular complexity index is 833. The fourth-order valence-electron chi connectivity index (χ4n) is 2.18. The van der Waals surface area contributed by atoms with E-state index in [1.165, 1.54) is 0 Å². The Hall–Kier alpha value is -2.72. The second kappa shape index (κ2) is 6.58. The fourth-order valence-corrected chi connectivity index (χ4v) is 2.36. The highest BCUT2D eigenvalue weighted by atomic mass is 35.5. The summed E-state index contributed by atoms with van der Waals surface area (Å²) in [6.07, 6.45) is 0. The van der Waals surface area contributed by atoms with Crippen molar-refractivity contribution in [3.63, 3.8) is 0 Å². The molecule has 0 amide bonds. The van der Waals surface area contributed by atoms with E-state index in [0.29, 0.717) is 22.6 Å². The zero-order valence-corrected chi connectivity index (χ0v) is 13.1. The number of nitrogens with zero attached hydrogens (tertiary/aromatic N) is 2. The number of halogens is 1. The topological polar surface area (TPSA) is 52.1 Å². The molecule has 3 rings (SSSR count). The van der Waals surface area contributed by atoms with Crippen LogP contribution < -0.4 is 4.74 Å². The van der Waals surface area contributed by atoms with Gasteiger partial charge in [0.15, 0.2) is 10.9 Å². The molecule has 0 bridgehead atoms. The molecule has 0 radical (unpaired) electrons. The van der Waals surface area contributed by atoms with E-state index in [9.17, 15) is 4.79 Å². The van der Waals surface area contributed by atoms with Crippen molar-refractivity contribution >= 4 is 17.4 Å². The van der Waals surface area contributed by atoms with Crippen LogP contribution in [0.15, 0.2) is 60.7 Å².